The van der Waals surface area contributed by atoms with Crippen molar-refractivity contribution in [3.05, 3.63) is 29.8 Å². The highest BCUT2D eigenvalue weighted by Gasteiger charge is 2.25. The molecule has 1 saturated carbocycles. The van der Waals surface area contributed by atoms with Crippen LogP contribution in [0.5, 0.6) is 0 Å². The van der Waals surface area contributed by atoms with Crippen LogP contribution in [0.25, 0.3) is 0 Å². The molecule has 0 aliphatic heterocycles. The number of carbonyl (C=O) groups is 2. The number of amides is 1. The number of carboxylic acid groups (broad SMARTS) is 1. The minimum absolute atomic E-state index is 0.0289. The normalized spacial score (nSPS) is 20.7. The number of aromatic carboxylic acids is 1. The molecule has 0 radical (unpaired) electrons. The van der Waals surface area contributed by atoms with Crippen LogP contribution in [-0.2, 0) is 4.79 Å². The van der Waals surface area contributed by atoms with Crippen LogP contribution >= 0.6 is 0 Å². The third-order valence-electron chi connectivity index (χ3n) is 4.65. The van der Waals surface area contributed by atoms with E-state index >= 15 is 0 Å². The number of hydrazine groups is 1. The molecule has 0 aromatic heterocycles. The highest BCUT2D eigenvalue weighted by Crippen LogP contribution is 2.31. The van der Waals surface area contributed by atoms with Gasteiger partial charge in [0.1, 0.15) is 0 Å². The number of hydrogen-bond acceptors (Lipinski definition) is 3. The molecule has 0 saturated heterocycles. The van der Waals surface area contributed by atoms with Crippen molar-refractivity contribution in [2.75, 3.05) is 5.43 Å². The number of rotatable bonds is 7. The van der Waals surface area contributed by atoms with Gasteiger partial charge in [-0.3, -0.25) is 15.6 Å². The van der Waals surface area contributed by atoms with Gasteiger partial charge in [-0.2, -0.15) is 0 Å². The first-order chi connectivity index (χ1) is 11.1. The van der Waals surface area contributed by atoms with Crippen LogP contribution in [0.3, 0.4) is 0 Å². The summed E-state index contributed by atoms with van der Waals surface area (Å²) in [6, 6.07) is 6.31. The first-order valence-corrected chi connectivity index (χ1v) is 8.49. The third-order valence-corrected chi connectivity index (χ3v) is 4.65. The summed E-state index contributed by atoms with van der Waals surface area (Å²) in [6.45, 7) is 2.22. The Morgan fingerprint density at radius 2 is 1.78 bits per heavy atom. The van der Waals surface area contributed by atoms with Crippen LogP contribution in [0.4, 0.5) is 5.69 Å². The first-order valence-electron chi connectivity index (χ1n) is 8.49. The van der Waals surface area contributed by atoms with Gasteiger partial charge in [-0.15, -0.1) is 0 Å². The van der Waals surface area contributed by atoms with Crippen molar-refractivity contribution in [2.24, 2.45) is 11.8 Å². The number of anilines is 1. The maximum atomic E-state index is 12.2. The lowest BCUT2D eigenvalue weighted by Crippen LogP contribution is -2.36. The SMILES string of the molecule is CCCCC1CCC(C(=O)NNc2ccc(C(=O)O)cc2)CC1. The summed E-state index contributed by atoms with van der Waals surface area (Å²) in [4.78, 5) is 23.0. The summed E-state index contributed by atoms with van der Waals surface area (Å²) in [7, 11) is 0. The molecule has 0 spiro atoms. The van der Waals surface area contributed by atoms with Gasteiger partial charge in [0, 0.05) is 5.92 Å². The Morgan fingerprint density at radius 3 is 2.35 bits per heavy atom. The van der Waals surface area contributed by atoms with Crippen LogP contribution in [-0.4, -0.2) is 17.0 Å². The largest absolute Gasteiger partial charge is 0.478 e. The van der Waals surface area contributed by atoms with Crippen LogP contribution in [0.2, 0.25) is 0 Å². The summed E-state index contributed by atoms with van der Waals surface area (Å²) in [5.41, 5.74) is 6.51. The van der Waals surface area contributed by atoms with E-state index in [9.17, 15) is 9.59 Å². The number of benzene rings is 1. The molecule has 1 aromatic rings. The molecular formula is C18H26N2O3. The average Bonchev–Trinajstić information content (AvgIpc) is 2.58. The minimum Gasteiger partial charge on any atom is -0.478 e. The zero-order chi connectivity index (χ0) is 16.7. The van der Waals surface area contributed by atoms with Crippen molar-refractivity contribution in [2.45, 2.75) is 51.9 Å². The lowest BCUT2D eigenvalue weighted by atomic mass is 9.79. The molecule has 5 nitrogen and oxygen atoms in total. The van der Waals surface area contributed by atoms with E-state index in [0.29, 0.717) is 5.69 Å². The Kier molecular flexibility index (Phi) is 6.44. The maximum absolute atomic E-state index is 12.2. The molecule has 1 aromatic carbocycles. The van der Waals surface area contributed by atoms with Gasteiger partial charge in [0.2, 0.25) is 5.91 Å². The zero-order valence-corrected chi connectivity index (χ0v) is 13.7. The lowest BCUT2D eigenvalue weighted by Gasteiger charge is -2.27. The number of carboxylic acids is 1. The molecule has 0 unspecified atom stereocenters. The summed E-state index contributed by atoms with van der Waals surface area (Å²) >= 11 is 0. The van der Waals surface area contributed by atoms with E-state index in [1.165, 1.54) is 31.4 Å². The van der Waals surface area contributed by atoms with E-state index in [1.54, 1.807) is 12.1 Å². The molecule has 1 aliphatic rings. The molecule has 5 heteroatoms. The topological polar surface area (TPSA) is 78.4 Å². The summed E-state index contributed by atoms with van der Waals surface area (Å²) in [6.07, 6.45) is 8.02. The monoisotopic (exact) mass is 318 g/mol. The van der Waals surface area contributed by atoms with Crippen LogP contribution < -0.4 is 10.9 Å². The molecule has 0 heterocycles. The quantitative estimate of drug-likeness (QED) is 0.668. The van der Waals surface area contributed by atoms with Gasteiger partial charge in [0.15, 0.2) is 0 Å². The number of hydrogen-bond donors (Lipinski definition) is 3. The number of carbonyl (C=O) groups excluding carboxylic acids is 1. The Morgan fingerprint density at radius 1 is 1.13 bits per heavy atom. The molecule has 2 rings (SSSR count). The maximum Gasteiger partial charge on any atom is 0.335 e. The fraction of sp³-hybridized carbons (Fsp3) is 0.556. The van der Waals surface area contributed by atoms with Crippen molar-refractivity contribution in [3.8, 4) is 0 Å². The Hall–Kier alpha value is -2.04. The van der Waals surface area contributed by atoms with E-state index in [-0.39, 0.29) is 17.4 Å². The van der Waals surface area contributed by atoms with Crippen molar-refractivity contribution in [1.29, 1.82) is 0 Å². The average molecular weight is 318 g/mol. The van der Waals surface area contributed by atoms with Gasteiger partial charge in [0.05, 0.1) is 11.3 Å². The van der Waals surface area contributed by atoms with Crippen molar-refractivity contribution < 1.29 is 14.7 Å². The van der Waals surface area contributed by atoms with E-state index in [1.807, 2.05) is 0 Å². The Bertz CT molecular complexity index is 520. The van der Waals surface area contributed by atoms with Crippen LogP contribution in [0.15, 0.2) is 24.3 Å². The molecule has 1 fully saturated rings. The van der Waals surface area contributed by atoms with Gasteiger partial charge in [0.25, 0.3) is 0 Å². The van der Waals surface area contributed by atoms with Gasteiger partial charge in [-0.25, -0.2) is 4.79 Å². The minimum atomic E-state index is -0.958. The Labute approximate surface area is 137 Å². The third kappa shape index (κ3) is 5.27. The second-order valence-electron chi connectivity index (χ2n) is 6.36. The molecule has 23 heavy (non-hydrogen) atoms. The van der Waals surface area contributed by atoms with E-state index in [2.05, 4.69) is 17.8 Å². The summed E-state index contributed by atoms with van der Waals surface area (Å²) < 4.78 is 0. The van der Waals surface area contributed by atoms with E-state index in [4.69, 9.17) is 5.11 Å². The van der Waals surface area contributed by atoms with Crippen molar-refractivity contribution in [3.63, 3.8) is 0 Å². The Balaban J connectivity index is 1.74. The summed E-state index contributed by atoms with van der Waals surface area (Å²) in [5, 5.41) is 8.85. The predicted molar refractivity (Wildman–Crippen MR) is 90.1 cm³/mol. The van der Waals surface area contributed by atoms with Crippen molar-refractivity contribution >= 4 is 17.6 Å². The number of unbranched alkanes of at least 4 members (excludes halogenated alkanes) is 1. The highest BCUT2D eigenvalue weighted by molar-refractivity contribution is 5.88. The standard InChI is InChI=1S/C18H26N2O3/c1-2-3-4-13-5-7-14(8-6-13)17(21)20-19-16-11-9-15(10-12-16)18(22)23/h9-14,19H,2-8H2,1H3,(H,20,21)(H,22,23). The predicted octanol–water partition coefficient (Wildman–Crippen LogP) is 3.82. The molecule has 1 aliphatic carbocycles. The fourth-order valence-electron chi connectivity index (χ4n) is 3.14. The van der Waals surface area contributed by atoms with Crippen molar-refractivity contribution in [1.82, 2.24) is 5.43 Å². The van der Waals surface area contributed by atoms with Gasteiger partial charge >= 0.3 is 5.97 Å². The first kappa shape index (κ1) is 17.3. The fourth-order valence-corrected chi connectivity index (χ4v) is 3.14. The van der Waals surface area contributed by atoms with Gasteiger partial charge in [-0.1, -0.05) is 26.2 Å². The number of nitrogens with one attached hydrogen (secondary N) is 2. The van der Waals surface area contributed by atoms with E-state index < -0.39 is 5.97 Å². The zero-order valence-electron chi connectivity index (χ0n) is 13.7. The molecule has 0 bridgehead atoms. The van der Waals surface area contributed by atoms with Gasteiger partial charge in [-0.05, 0) is 55.9 Å². The second kappa shape index (κ2) is 8.56. The molecular weight excluding hydrogens is 292 g/mol. The molecule has 126 valence electrons. The van der Waals surface area contributed by atoms with E-state index in [0.717, 1.165) is 31.6 Å². The highest BCUT2D eigenvalue weighted by atomic mass is 16.4. The lowest BCUT2D eigenvalue weighted by molar-refractivity contribution is -0.125. The smallest absolute Gasteiger partial charge is 0.335 e. The van der Waals surface area contributed by atoms with Gasteiger partial charge < -0.3 is 5.11 Å². The molecule has 1 amide bonds. The van der Waals surface area contributed by atoms with Crippen LogP contribution in [0, 0.1) is 11.8 Å². The second-order valence-corrected chi connectivity index (χ2v) is 6.36. The summed E-state index contributed by atoms with van der Waals surface area (Å²) in [5.74, 6) is -0.0594. The molecule has 3 N–H and O–H groups in total. The molecule has 0 atom stereocenters. The van der Waals surface area contributed by atoms with Crippen LogP contribution in [0.1, 0.15) is 62.2 Å².